The zero-order chi connectivity index (χ0) is 18.4. The normalized spacial score (nSPS) is 25.6. The minimum atomic E-state index is -3.95. The molecule has 1 aliphatic rings. The lowest BCUT2D eigenvalue weighted by molar-refractivity contribution is -0.145. The van der Waals surface area contributed by atoms with Gasteiger partial charge in [-0.3, -0.25) is 4.79 Å². The van der Waals surface area contributed by atoms with Crippen molar-refractivity contribution in [3.8, 4) is 0 Å². The molecule has 1 aliphatic carbocycles. The van der Waals surface area contributed by atoms with E-state index in [0.717, 1.165) is 5.56 Å². The summed E-state index contributed by atoms with van der Waals surface area (Å²) in [6.45, 7) is 1.13. The lowest BCUT2D eigenvalue weighted by atomic mass is 9.99. The van der Waals surface area contributed by atoms with Gasteiger partial charge in [0, 0.05) is 10.9 Å². The highest BCUT2D eigenvalue weighted by atomic mass is 35.5. The first-order valence-corrected chi connectivity index (χ1v) is 9.58. The fourth-order valence-corrected chi connectivity index (χ4v) is 5.88. The lowest BCUT2D eigenvalue weighted by Crippen LogP contribution is -2.27. The van der Waals surface area contributed by atoms with Crippen molar-refractivity contribution in [3.05, 3.63) is 64.7 Å². The van der Waals surface area contributed by atoms with Gasteiger partial charge >= 0.3 is 5.97 Å². The number of aliphatic carboxylic acids is 1. The maximum absolute atomic E-state index is 13.0. The molecule has 5 nitrogen and oxygen atoms in total. The minimum Gasteiger partial charge on any atom is -0.481 e. The SMILES string of the molecule is Cc1ccc([C@H]2[C@H](S(=O)(=O)c3ccc(Cl)cc3)[C@@]2(CO)C(=O)O)cc1. The van der Waals surface area contributed by atoms with Gasteiger partial charge in [0.25, 0.3) is 0 Å². The van der Waals surface area contributed by atoms with E-state index in [0.29, 0.717) is 10.6 Å². The maximum Gasteiger partial charge on any atom is 0.314 e. The molecular formula is C18H17ClO5S. The Morgan fingerprint density at radius 1 is 1.12 bits per heavy atom. The average Bonchev–Trinajstić information content (AvgIpc) is 3.27. The number of aliphatic hydroxyl groups excluding tert-OH is 1. The summed E-state index contributed by atoms with van der Waals surface area (Å²) < 4.78 is 26.0. The Balaban J connectivity index is 2.10. The van der Waals surface area contributed by atoms with Crippen molar-refractivity contribution in [1.29, 1.82) is 0 Å². The van der Waals surface area contributed by atoms with Crippen molar-refractivity contribution >= 4 is 27.4 Å². The van der Waals surface area contributed by atoms with Gasteiger partial charge in [-0.05, 0) is 36.8 Å². The van der Waals surface area contributed by atoms with Crippen LogP contribution in [0.4, 0.5) is 0 Å². The van der Waals surface area contributed by atoms with Crippen LogP contribution in [0.3, 0.4) is 0 Å². The van der Waals surface area contributed by atoms with E-state index < -0.39 is 39.0 Å². The number of carbonyl (C=O) groups is 1. The van der Waals surface area contributed by atoms with Crippen LogP contribution in [0.2, 0.25) is 5.02 Å². The van der Waals surface area contributed by atoms with Crippen LogP contribution in [-0.2, 0) is 14.6 Å². The Labute approximate surface area is 150 Å². The van der Waals surface area contributed by atoms with Gasteiger partial charge in [0.1, 0.15) is 5.41 Å². The molecule has 0 amide bonds. The molecule has 0 aliphatic heterocycles. The monoisotopic (exact) mass is 380 g/mol. The Kier molecular flexibility index (Phi) is 4.39. The Morgan fingerprint density at radius 2 is 1.68 bits per heavy atom. The van der Waals surface area contributed by atoms with E-state index in [1.165, 1.54) is 24.3 Å². The van der Waals surface area contributed by atoms with Crippen molar-refractivity contribution in [2.24, 2.45) is 5.41 Å². The van der Waals surface area contributed by atoms with Crippen molar-refractivity contribution in [2.45, 2.75) is 23.0 Å². The Bertz CT molecular complexity index is 905. The minimum absolute atomic E-state index is 0.00409. The first kappa shape index (κ1) is 17.9. The van der Waals surface area contributed by atoms with E-state index in [1.54, 1.807) is 24.3 Å². The molecule has 1 saturated carbocycles. The summed E-state index contributed by atoms with van der Waals surface area (Å²) in [7, 11) is -3.95. The van der Waals surface area contributed by atoms with E-state index in [9.17, 15) is 23.4 Å². The number of aliphatic hydroxyl groups is 1. The number of rotatable bonds is 5. The van der Waals surface area contributed by atoms with Crippen LogP contribution in [0.5, 0.6) is 0 Å². The molecule has 0 radical (unpaired) electrons. The maximum atomic E-state index is 13.0. The van der Waals surface area contributed by atoms with Crippen LogP contribution in [0.15, 0.2) is 53.4 Å². The van der Waals surface area contributed by atoms with E-state index in [-0.39, 0.29) is 4.90 Å². The average molecular weight is 381 g/mol. The predicted octanol–water partition coefficient (Wildman–Crippen LogP) is 2.65. The molecule has 3 rings (SSSR count). The summed E-state index contributed by atoms with van der Waals surface area (Å²) in [5.74, 6) is -2.13. The van der Waals surface area contributed by atoms with Crippen molar-refractivity contribution in [3.63, 3.8) is 0 Å². The highest BCUT2D eigenvalue weighted by Crippen LogP contribution is 2.64. The van der Waals surface area contributed by atoms with Gasteiger partial charge in [-0.15, -0.1) is 0 Å². The number of hydrogen-bond donors (Lipinski definition) is 2. The molecule has 25 heavy (non-hydrogen) atoms. The molecular weight excluding hydrogens is 364 g/mol. The van der Waals surface area contributed by atoms with E-state index in [2.05, 4.69) is 0 Å². The van der Waals surface area contributed by atoms with Crippen molar-refractivity contribution < 1.29 is 23.4 Å². The highest BCUT2D eigenvalue weighted by Gasteiger charge is 2.75. The van der Waals surface area contributed by atoms with Gasteiger partial charge in [0.15, 0.2) is 9.84 Å². The largest absolute Gasteiger partial charge is 0.481 e. The van der Waals surface area contributed by atoms with Crippen molar-refractivity contribution in [2.75, 3.05) is 6.61 Å². The van der Waals surface area contributed by atoms with Crippen molar-refractivity contribution in [1.82, 2.24) is 0 Å². The molecule has 1 fully saturated rings. The number of carboxylic acids is 1. The lowest BCUT2D eigenvalue weighted by Gasteiger charge is -2.09. The summed E-state index contributed by atoms with van der Waals surface area (Å²) in [5, 5.41) is 18.6. The Hall–Kier alpha value is -1.89. The van der Waals surface area contributed by atoms with E-state index in [1.807, 2.05) is 6.92 Å². The summed E-state index contributed by atoms with van der Waals surface area (Å²) in [4.78, 5) is 11.9. The van der Waals surface area contributed by atoms with Crippen LogP contribution in [0.25, 0.3) is 0 Å². The molecule has 7 heteroatoms. The van der Waals surface area contributed by atoms with Crippen LogP contribution in [-0.4, -0.2) is 36.5 Å². The zero-order valence-electron chi connectivity index (χ0n) is 13.4. The molecule has 2 aromatic rings. The number of hydrogen-bond acceptors (Lipinski definition) is 4. The summed E-state index contributed by atoms with van der Waals surface area (Å²) >= 11 is 5.80. The van der Waals surface area contributed by atoms with Crippen LogP contribution >= 0.6 is 11.6 Å². The second kappa shape index (κ2) is 6.12. The van der Waals surface area contributed by atoms with Crippen LogP contribution < -0.4 is 0 Å². The smallest absolute Gasteiger partial charge is 0.314 e. The standard InChI is InChI=1S/C18H17ClO5S/c1-11-2-4-12(5-3-11)15-16(18(15,10-20)17(21)22)25(23,24)14-8-6-13(19)7-9-14/h2-9,15-16,20H,10H2,1H3,(H,21,22)/t15-,16-,18-/m0/s1. The number of sulfone groups is 1. The first-order valence-electron chi connectivity index (χ1n) is 7.65. The molecule has 0 saturated heterocycles. The molecule has 0 bridgehead atoms. The molecule has 0 spiro atoms. The van der Waals surface area contributed by atoms with Crippen LogP contribution in [0.1, 0.15) is 17.0 Å². The third kappa shape index (κ3) is 2.74. The molecule has 3 atom stereocenters. The molecule has 0 unspecified atom stereocenters. The topological polar surface area (TPSA) is 91.7 Å². The first-order chi connectivity index (χ1) is 11.7. The number of carboxylic acid groups (broad SMARTS) is 1. The molecule has 0 aromatic heterocycles. The zero-order valence-corrected chi connectivity index (χ0v) is 15.0. The third-order valence-electron chi connectivity index (χ3n) is 4.83. The summed E-state index contributed by atoms with van der Waals surface area (Å²) in [6, 6.07) is 12.6. The van der Waals surface area contributed by atoms with Gasteiger partial charge in [-0.2, -0.15) is 0 Å². The fourth-order valence-electron chi connectivity index (χ4n) is 3.39. The molecule has 132 valence electrons. The Morgan fingerprint density at radius 3 is 2.16 bits per heavy atom. The number of aryl methyl sites for hydroxylation is 1. The highest BCUT2D eigenvalue weighted by molar-refractivity contribution is 7.92. The number of halogens is 1. The molecule has 2 N–H and O–H groups in total. The second-order valence-electron chi connectivity index (χ2n) is 6.31. The number of benzene rings is 2. The van der Waals surface area contributed by atoms with Gasteiger partial charge in [-0.1, -0.05) is 41.4 Å². The molecule has 2 aromatic carbocycles. The van der Waals surface area contributed by atoms with Gasteiger partial charge in [0.05, 0.1) is 16.8 Å². The third-order valence-corrected chi connectivity index (χ3v) is 7.37. The summed E-state index contributed by atoms with van der Waals surface area (Å²) in [5.41, 5.74) is -0.177. The van der Waals surface area contributed by atoms with Gasteiger partial charge < -0.3 is 10.2 Å². The van der Waals surface area contributed by atoms with E-state index in [4.69, 9.17) is 11.6 Å². The predicted molar refractivity (Wildman–Crippen MR) is 93.5 cm³/mol. The molecule has 0 heterocycles. The quantitative estimate of drug-likeness (QED) is 0.832. The summed E-state index contributed by atoms with van der Waals surface area (Å²) in [6.07, 6.45) is 0. The van der Waals surface area contributed by atoms with Crippen LogP contribution in [0, 0.1) is 12.3 Å². The van der Waals surface area contributed by atoms with Gasteiger partial charge in [-0.25, -0.2) is 8.42 Å². The fraction of sp³-hybridized carbons (Fsp3) is 0.278. The van der Waals surface area contributed by atoms with E-state index >= 15 is 0 Å². The second-order valence-corrected chi connectivity index (χ2v) is 8.82. The van der Waals surface area contributed by atoms with Gasteiger partial charge in [0.2, 0.25) is 0 Å².